The molecule has 35 heavy (non-hydrogen) atoms. The van der Waals surface area contributed by atoms with E-state index in [1.807, 2.05) is 43.3 Å². The minimum atomic E-state index is -4.36. The van der Waals surface area contributed by atoms with Crippen LogP contribution in [0.5, 0.6) is 0 Å². The van der Waals surface area contributed by atoms with Gasteiger partial charge in [0, 0.05) is 37.6 Å². The second kappa shape index (κ2) is 10.6. The molecule has 1 aliphatic heterocycles. The zero-order chi connectivity index (χ0) is 25.0. The van der Waals surface area contributed by atoms with E-state index in [1.165, 1.54) is 12.1 Å². The number of pyridine rings is 1. The van der Waals surface area contributed by atoms with Gasteiger partial charge in [0.2, 0.25) is 0 Å². The fourth-order valence-corrected chi connectivity index (χ4v) is 4.78. The quantitative estimate of drug-likeness (QED) is 0.411. The van der Waals surface area contributed by atoms with Crippen molar-refractivity contribution in [3.8, 4) is 0 Å². The molecule has 1 aliphatic rings. The molecule has 6 nitrogen and oxygen atoms in total. The van der Waals surface area contributed by atoms with Crippen molar-refractivity contribution in [2.75, 3.05) is 31.6 Å². The SMILES string of the molecule is CC(CN(C)c1ccc(C(F)(F)F)cc1)n1ncc(C2CCN(Cc3ccccn3)CC2)c1C=O. The Morgan fingerprint density at radius 3 is 2.46 bits per heavy atom. The summed E-state index contributed by atoms with van der Waals surface area (Å²) in [5.74, 6) is 0.267. The average Bonchev–Trinajstić information content (AvgIpc) is 3.29. The maximum Gasteiger partial charge on any atom is 0.416 e. The Hall–Kier alpha value is -3.20. The van der Waals surface area contributed by atoms with Gasteiger partial charge in [-0.1, -0.05) is 6.07 Å². The molecular formula is C26H30F3N5O. The molecule has 1 aromatic carbocycles. The third-order valence-corrected chi connectivity index (χ3v) is 6.71. The van der Waals surface area contributed by atoms with Gasteiger partial charge in [-0.3, -0.25) is 19.4 Å². The number of carbonyl (C=O) groups excluding carboxylic acids is 1. The highest BCUT2D eigenvalue weighted by Gasteiger charge is 2.30. The zero-order valence-corrected chi connectivity index (χ0v) is 19.9. The first-order valence-corrected chi connectivity index (χ1v) is 11.8. The Kier molecular flexibility index (Phi) is 7.54. The predicted octanol–water partition coefficient (Wildman–Crippen LogP) is 5.19. The molecular weight excluding hydrogens is 455 g/mol. The first-order valence-electron chi connectivity index (χ1n) is 11.8. The van der Waals surface area contributed by atoms with Crippen LogP contribution in [0.15, 0.2) is 54.9 Å². The summed E-state index contributed by atoms with van der Waals surface area (Å²) >= 11 is 0. The van der Waals surface area contributed by atoms with E-state index in [2.05, 4.69) is 15.0 Å². The van der Waals surface area contributed by atoms with Crippen molar-refractivity contribution < 1.29 is 18.0 Å². The minimum Gasteiger partial charge on any atom is -0.372 e. The monoisotopic (exact) mass is 485 g/mol. The number of benzene rings is 1. The molecule has 186 valence electrons. The summed E-state index contributed by atoms with van der Waals surface area (Å²) in [6, 6.07) is 10.9. The summed E-state index contributed by atoms with van der Waals surface area (Å²) in [5, 5.41) is 4.53. The molecule has 3 aromatic rings. The van der Waals surface area contributed by atoms with E-state index >= 15 is 0 Å². The van der Waals surface area contributed by atoms with E-state index < -0.39 is 11.7 Å². The molecule has 1 fully saturated rings. The average molecular weight is 486 g/mol. The highest BCUT2D eigenvalue weighted by atomic mass is 19.4. The Morgan fingerprint density at radius 1 is 1.14 bits per heavy atom. The van der Waals surface area contributed by atoms with Gasteiger partial charge in [-0.05, 0) is 75.2 Å². The molecule has 4 rings (SSSR count). The molecule has 1 unspecified atom stereocenters. The van der Waals surface area contributed by atoms with Crippen molar-refractivity contribution in [3.63, 3.8) is 0 Å². The maximum absolute atomic E-state index is 12.8. The largest absolute Gasteiger partial charge is 0.416 e. The number of likely N-dealkylation sites (N-methyl/N-ethyl adjacent to an activating group) is 1. The third-order valence-electron chi connectivity index (χ3n) is 6.71. The van der Waals surface area contributed by atoms with Crippen LogP contribution < -0.4 is 4.90 Å². The Balaban J connectivity index is 1.38. The molecule has 0 spiro atoms. The van der Waals surface area contributed by atoms with Gasteiger partial charge in [0.15, 0.2) is 6.29 Å². The van der Waals surface area contributed by atoms with Gasteiger partial charge < -0.3 is 4.90 Å². The van der Waals surface area contributed by atoms with Crippen molar-refractivity contribution in [1.82, 2.24) is 19.7 Å². The van der Waals surface area contributed by atoms with E-state index in [0.29, 0.717) is 17.9 Å². The van der Waals surface area contributed by atoms with Crippen molar-refractivity contribution in [2.45, 2.75) is 44.4 Å². The van der Waals surface area contributed by atoms with Gasteiger partial charge >= 0.3 is 6.18 Å². The van der Waals surface area contributed by atoms with Crippen molar-refractivity contribution in [1.29, 1.82) is 0 Å². The number of carbonyl (C=O) groups is 1. The molecule has 3 heterocycles. The van der Waals surface area contributed by atoms with Crippen LogP contribution in [0.25, 0.3) is 0 Å². The van der Waals surface area contributed by atoms with E-state index in [4.69, 9.17) is 0 Å². The molecule has 1 saturated heterocycles. The van der Waals surface area contributed by atoms with Crippen LogP contribution in [0.4, 0.5) is 18.9 Å². The standard InChI is InChI=1S/C26H30F3N5O/c1-19(16-32(2)23-8-6-21(7-9-23)26(27,28)29)34-25(18-35)24(15-31-34)20-10-13-33(14-11-20)17-22-5-3-4-12-30-22/h3-9,12,15,18-20H,10-11,13-14,16-17H2,1-2H3. The first kappa shape index (κ1) is 24.9. The molecule has 1 atom stereocenters. The number of nitrogens with zero attached hydrogens (tertiary/aromatic N) is 5. The summed E-state index contributed by atoms with van der Waals surface area (Å²) < 4.78 is 40.3. The number of likely N-dealkylation sites (tertiary alicyclic amines) is 1. The normalized spacial score (nSPS) is 16.3. The Bertz CT molecular complexity index is 1110. The number of piperidine rings is 1. The van der Waals surface area contributed by atoms with Gasteiger partial charge in [0.1, 0.15) is 5.69 Å². The van der Waals surface area contributed by atoms with Crippen LogP contribution in [0.3, 0.4) is 0 Å². The van der Waals surface area contributed by atoms with Crippen molar-refractivity contribution in [3.05, 3.63) is 77.4 Å². The van der Waals surface area contributed by atoms with Crippen molar-refractivity contribution in [2.24, 2.45) is 0 Å². The number of aldehydes is 1. The van der Waals surface area contributed by atoms with Crippen LogP contribution in [0, 0.1) is 0 Å². The fraction of sp³-hybridized carbons (Fsp3) is 0.423. The van der Waals surface area contributed by atoms with E-state index in [0.717, 1.165) is 62.2 Å². The van der Waals surface area contributed by atoms with Crippen LogP contribution in [-0.4, -0.2) is 52.6 Å². The molecule has 9 heteroatoms. The lowest BCUT2D eigenvalue weighted by molar-refractivity contribution is -0.137. The number of anilines is 1. The zero-order valence-electron chi connectivity index (χ0n) is 19.9. The molecule has 0 aliphatic carbocycles. The molecule has 0 saturated carbocycles. The minimum absolute atomic E-state index is 0.138. The lowest BCUT2D eigenvalue weighted by Crippen LogP contribution is -2.33. The van der Waals surface area contributed by atoms with Gasteiger partial charge in [-0.2, -0.15) is 18.3 Å². The van der Waals surface area contributed by atoms with E-state index in [1.54, 1.807) is 10.9 Å². The number of halogens is 3. The topological polar surface area (TPSA) is 54.3 Å². The molecule has 0 radical (unpaired) electrons. The van der Waals surface area contributed by atoms with Crippen LogP contribution in [0.2, 0.25) is 0 Å². The third kappa shape index (κ3) is 5.90. The summed E-state index contributed by atoms with van der Waals surface area (Å²) in [7, 11) is 1.82. The smallest absolute Gasteiger partial charge is 0.372 e. The lowest BCUT2D eigenvalue weighted by atomic mass is 9.89. The second-order valence-corrected chi connectivity index (χ2v) is 9.19. The molecule has 0 amide bonds. The highest BCUT2D eigenvalue weighted by Crippen LogP contribution is 2.32. The summed E-state index contributed by atoms with van der Waals surface area (Å²) in [5.41, 5.74) is 2.61. The van der Waals surface area contributed by atoms with Crippen LogP contribution >= 0.6 is 0 Å². The number of hydrogen-bond donors (Lipinski definition) is 0. The number of rotatable bonds is 8. The van der Waals surface area contributed by atoms with E-state index in [-0.39, 0.29) is 12.0 Å². The summed E-state index contributed by atoms with van der Waals surface area (Å²) in [6.45, 7) is 5.13. The number of alkyl halides is 3. The van der Waals surface area contributed by atoms with Gasteiger partial charge in [-0.15, -0.1) is 0 Å². The number of aromatic nitrogens is 3. The Morgan fingerprint density at radius 2 is 1.86 bits per heavy atom. The molecule has 0 bridgehead atoms. The second-order valence-electron chi connectivity index (χ2n) is 9.19. The number of hydrogen-bond acceptors (Lipinski definition) is 5. The maximum atomic E-state index is 12.8. The lowest BCUT2D eigenvalue weighted by Gasteiger charge is -2.31. The van der Waals surface area contributed by atoms with Crippen LogP contribution in [-0.2, 0) is 12.7 Å². The molecule has 0 N–H and O–H groups in total. The predicted molar refractivity (Wildman–Crippen MR) is 129 cm³/mol. The fourth-order valence-electron chi connectivity index (χ4n) is 4.78. The first-order chi connectivity index (χ1) is 16.8. The van der Waals surface area contributed by atoms with Crippen LogP contribution in [0.1, 0.15) is 59.0 Å². The van der Waals surface area contributed by atoms with E-state index in [9.17, 15) is 18.0 Å². The highest BCUT2D eigenvalue weighted by molar-refractivity contribution is 5.75. The van der Waals surface area contributed by atoms with Crippen molar-refractivity contribution >= 4 is 12.0 Å². The summed E-state index contributed by atoms with van der Waals surface area (Å²) in [6.07, 6.45) is 2.01. The van der Waals surface area contributed by atoms with Gasteiger partial charge in [-0.25, -0.2) is 0 Å². The molecule has 2 aromatic heterocycles. The van der Waals surface area contributed by atoms with Gasteiger partial charge in [0.25, 0.3) is 0 Å². The summed E-state index contributed by atoms with van der Waals surface area (Å²) in [4.78, 5) is 20.7. The Labute approximate surface area is 203 Å². The van der Waals surface area contributed by atoms with Gasteiger partial charge in [0.05, 0.1) is 23.5 Å².